The van der Waals surface area contributed by atoms with Crippen LogP contribution in [0.4, 0.5) is 5.69 Å². The Morgan fingerprint density at radius 2 is 2.03 bits per heavy atom. The second kappa shape index (κ2) is 9.81. The summed E-state index contributed by atoms with van der Waals surface area (Å²) >= 11 is 6.18. The normalized spacial score (nSPS) is 17.0. The summed E-state index contributed by atoms with van der Waals surface area (Å²) in [4.78, 5) is 12.8. The van der Waals surface area contributed by atoms with Crippen LogP contribution in [0.2, 0.25) is 5.02 Å². The predicted octanol–water partition coefficient (Wildman–Crippen LogP) is 4.62. The van der Waals surface area contributed by atoms with Crippen LogP contribution < -0.4 is 19.1 Å². The van der Waals surface area contributed by atoms with E-state index in [1.807, 2.05) is 32.0 Å². The Labute approximate surface area is 201 Å². The molecule has 1 atom stereocenters. The number of methoxy groups -OCH3 is 1. The van der Waals surface area contributed by atoms with E-state index in [-0.39, 0.29) is 24.9 Å². The first-order chi connectivity index (χ1) is 15.4. The van der Waals surface area contributed by atoms with Gasteiger partial charge in [-0.2, -0.15) is 0 Å². The highest BCUT2D eigenvalue weighted by Gasteiger charge is 2.34. The minimum Gasteiger partial charge on any atom is -0.497 e. The molecule has 7 nitrogen and oxygen atoms in total. The maximum absolute atomic E-state index is 12.8. The molecule has 180 valence electrons. The number of ether oxygens (including phenoxy) is 2. The number of amides is 1. The van der Waals surface area contributed by atoms with E-state index >= 15 is 0 Å². The van der Waals surface area contributed by atoms with Crippen LogP contribution in [0, 0.1) is 6.92 Å². The van der Waals surface area contributed by atoms with E-state index in [0.29, 0.717) is 40.6 Å². The molecule has 3 rings (SSSR count). The minimum absolute atomic E-state index is 0.143. The maximum Gasteiger partial charge on any atom is 0.232 e. The Morgan fingerprint density at radius 1 is 1.30 bits per heavy atom. The van der Waals surface area contributed by atoms with E-state index in [2.05, 4.69) is 5.32 Å². The average Bonchev–Trinajstić information content (AvgIpc) is 2.71. The van der Waals surface area contributed by atoms with Gasteiger partial charge in [0.15, 0.2) is 0 Å². The Hall–Kier alpha value is -2.45. The van der Waals surface area contributed by atoms with Crippen LogP contribution >= 0.6 is 11.6 Å². The Morgan fingerprint density at radius 3 is 2.70 bits per heavy atom. The lowest BCUT2D eigenvalue weighted by Gasteiger charge is -2.38. The van der Waals surface area contributed by atoms with E-state index < -0.39 is 15.6 Å². The molecule has 0 spiro atoms. The van der Waals surface area contributed by atoms with Gasteiger partial charge in [-0.25, -0.2) is 8.42 Å². The molecule has 1 N–H and O–H groups in total. The number of nitrogens with zero attached hydrogens (tertiary/aromatic N) is 1. The summed E-state index contributed by atoms with van der Waals surface area (Å²) in [6.45, 7) is 5.92. The number of carbonyl (C=O) groups is 1. The summed E-state index contributed by atoms with van der Waals surface area (Å²) in [5.74, 6) is 1.24. The standard InChI is InChI=1S/C24H31ClN2O5S/c1-16-19(25)8-6-9-21(16)27(33(5,29)30)13-7-10-23(28)26-20-15-24(2,3)32-22-14-17(31-4)11-12-18(20)22/h6,8-9,11-12,14,20H,7,10,13,15H2,1-5H3,(H,26,28). The first-order valence-corrected chi connectivity index (χ1v) is 13.0. The van der Waals surface area contributed by atoms with Crippen molar-refractivity contribution in [3.63, 3.8) is 0 Å². The van der Waals surface area contributed by atoms with Gasteiger partial charge in [-0.05, 0) is 57.0 Å². The van der Waals surface area contributed by atoms with Gasteiger partial charge in [0, 0.05) is 36.0 Å². The molecule has 1 aliphatic rings. The second-order valence-corrected chi connectivity index (χ2v) is 11.2. The van der Waals surface area contributed by atoms with Crippen molar-refractivity contribution in [2.75, 3.05) is 24.2 Å². The number of benzene rings is 2. The molecule has 1 heterocycles. The third-order valence-corrected chi connectivity index (χ3v) is 7.28. The zero-order valence-corrected chi connectivity index (χ0v) is 21.2. The lowest BCUT2D eigenvalue weighted by Crippen LogP contribution is -2.41. The van der Waals surface area contributed by atoms with E-state index in [1.54, 1.807) is 32.2 Å². The zero-order valence-electron chi connectivity index (χ0n) is 19.6. The van der Waals surface area contributed by atoms with Crippen molar-refractivity contribution >= 4 is 33.2 Å². The fourth-order valence-corrected chi connectivity index (χ4v) is 5.25. The summed E-state index contributed by atoms with van der Waals surface area (Å²) in [6.07, 6.45) is 2.33. The third-order valence-electron chi connectivity index (χ3n) is 5.69. The lowest BCUT2D eigenvalue weighted by atomic mass is 9.89. The van der Waals surface area contributed by atoms with Crippen LogP contribution in [0.25, 0.3) is 0 Å². The van der Waals surface area contributed by atoms with Gasteiger partial charge in [-0.3, -0.25) is 9.10 Å². The molecule has 0 fully saturated rings. The molecule has 0 saturated carbocycles. The van der Waals surface area contributed by atoms with Gasteiger partial charge < -0.3 is 14.8 Å². The van der Waals surface area contributed by atoms with E-state index in [9.17, 15) is 13.2 Å². The first-order valence-electron chi connectivity index (χ1n) is 10.8. The summed E-state index contributed by atoms with van der Waals surface area (Å²) in [5, 5.41) is 3.59. The van der Waals surface area contributed by atoms with Crippen LogP contribution in [-0.4, -0.2) is 39.8 Å². The Bertz CT molecular complexity index is 1130. The van der Waals surface area contributed by atoms with Gasteiger partial charge in [0.1, 0.15) is 17.1 Å². The minimum atomic E-state index is -3.53. The van der Waals surface area contributed by atoms with Crippen LogP contribution in [0.15, 0.2) is 36.4 Å². The average molecular weight is 495 g/mol. The number of carbonyl (C=O) groups excluding carboxylic acids is 1. The van der Waals surface area contributed by atoms with Crippen molar-refractivity contribution in [2.45, 2.75) is 51.7 Å². The van der Waals surface area contributed by atoms with E-state index in [1.165, 1.54) is 4.31 Å². The van der Waals surface area contributed by atoms with Gasteiger partial charge in [0.05, 0.1) is 25.1 Å². The van der Waals surface area contributed by atoms with Crippen LogP contribution in [-0.2, 0) is 14.8 Å². The molecule has 9 heteroatoms. The van der Waals surface area contributed by atoms with Gasteiger partial charge in [-0.15, -0.1) is 0 Å². The fraction of sp³-hybridized carbons (Fsp3) is 0.458. The first kappa shape index (κ1) is 25.2. The van der Waals surface area contributed by atoms with Crippen LogP contribution in [0.3, 0.4) is 0 Å². The number of anilines is 1. The molecule has 2 aromatic carbocycles. The van der Waals surface area contributed by atoms with E-state index in [0.717, 1.165) is 11.8 Å². The van der Waals surface area contributed by atoms with Gasteiger partial charge in [-0.1, -0.05) is 17.7 Å². The van der Waals surface area contributed by atoms with E-state index in [4.69, 9.17) is 21.1 Å². The molecular weight excluding hydrogens is 464 g/mol. The molecule has 0 radical (unpaired) electrons. The molecule has 0 bridgehead atoms. The van der Waals surface area contributed by atoms with Crippen molar-refractivity contribution in [2.24, 2.45) is 0 Å². The number of hydrogen-bond acceptors (Lipinski definition) is 5. The van der Waals surface area contributed by atoms with Crippen LogP contribution in [0.1, 0.15) is 50.3 Å². The number of rotatable bonds is 8. The molecule has 0 aliphatic carbocycles. The van der Waals surface area contributed by atoms with Crippen molar-refractivity contribution in [1.29, 1.82) is 0 Å². The highest BCUT2D eigenvalue weighted by atomic mass is 35.5. The summed E-state index contributed by atoms with van der Waals surface area (Å²) in [6, 6.07) is 10.5. The molecule has 0 saturated heterocycles. The molecule has 1 unspecified atom stereocenters. The maximum atomic E-state index is 12.8. The molecular formula is C24H31ClN2O5S. The molecule has 33 heavy (non-hydrogen) atoms. The summed E-state index contributed by atoms with van der Waals surface area (Å²) in [7, 11) is -1.93. The van der Waals surface area contributed by atoms with Gasteiger partial charge >= 0.3 is 0 Å². The number of hydrogen-bond donors (Lipinski definition) is 1. The molecule has 1 amide bonds. The van der Waals surface area contributed by atoms with Crippen LogP contribution in [0.5, 0.6) is 11.5 Å². The van der Waals surface area contributed by atoms with Crippen molar-refractivity contribution in [3.05, 3.63) is 52.5 Å². The topological polar surface area (TPSA) is 84.9 Å². The quantitative estimate of drug-likeness (QED) is 0.578. The van der Waals surface area contributed by atoms with Crippen molar-refractivity contribution in [1.82, 2.24) is 5.32 Å². The highest BCUT2D eigenvalue weighted by molar-refractivity contribution is 7.92. The smallest absolute Gasteiger partial charge is 0.232 e. The number of sulfonamides is 1. The monoisotopic (exact) mass is 494 g/mol. The fourth-order valence-electron chi connectivity index (χ4n) is 4.07. The number of fused-ring (bicyclic) bond motifs is 1. The number of halogens is 1. The lowest BCUT2D eigenvalue weighted by molar-refractivity contribution is -0.122. The highest BCUT2D eigenvalue weighted by Crippen LogP contribution is 2.41. The zero-order chi connectivity index (χ0) is 24.4. The van der Waals surface area contributed by atoms with Gasteiger partial charge in [0.25, 0.3) is 0 Å². The summed E-state index contributed by atoms with van der Waals surface area (Å²) < 4.78 is 37.5. The Kier molecular flexibility index (Phi) is 7.49. The number of nitrogens with one attached hydrogen (secondary N) is 1. The van der Waals surface area contributed by atoms with Gasteiger partial charge in [0.2, 0.25) is 15.9 Å². The SMILES string of the molecule is COc1ccc2c(c1)OC(C)(C)CC2NC(=O)CCCN(c1cccc(Cl)c1C)S(C)(=O)=O. The van der Waals surface area contributed by atoms with Crippen molar-refractivity contribution < 1.29 is 22.7 Å². The largest absolute Gasteiger partial charge is 0.497 e. The Balaban J connectivity index is 1.68. The second-order valence-electron chi connectivity index (χ2n) is 8.91. The summed E-state index contributed by atoms with van der Waals surface area (Å²) in [5.41, 5.74) is 1.66. The third kappa shape index (κ3) is 6.12. The molecule has 2 aromatic rings. The molecule has 1 aliphatic heterocycles. The predicted molar refractivity (Wildman–Crippen MR) is 131 cm³/mol. The van der Waals surface area contributed by atoms with Crippen molar-refractivity contribution in [3.8, 4) is 11.5 Å². The molecule has 0 aromatic heterocycles.